The number of benzene rings is 1. The number of rotatable bonds is 8. The Morgan fingerprint density at radius 3 is 2.75 bits per heavy atom. The maximum absolute atomic E-state index is 11.2. The molecule has 0 saturated heterocycles. The predicted octanol–water partition coefficient (Wildman–Crippen LogP) is 3.77. The van der Waals surface area contributed by atoms with Gasteiger partial charge in [-0.1, -0.05) is 38.1 Å². The molecular weight excluding hydrogens is 252 g/mol. The van der Waals surface area contributed by atoms with Gasteiger partial charge >= 0.3 is 5.97 Å². The van der Waals surface area contributed by atoms with E-state index >= 15 is 0 Å². The van der Waals surface area contributed by atoms with Crippen LogP contribution in [0.4, 0.5) is 0 Å². The predicted molar refractivity (Wildman–Crippen MR) is 80.9 cm³/mol. The quantitative estimate of drug-likeness (QED) is 0.535. The van der Waals surface area contributed by atoms with Gasteiger partial charge in [0.2, 0.25) is 0 Å². The highest BCUT2D eigenvalue weighted by atomic mass is 16.5. The van der Waals surface area contributed by atoms with Crippen LogP contribution in [0, 0.1) is 5.92 Å². The van der Waals surface area contributed by atoms with Gasteiger partial charge in [-0.15, -0.1) is 0 Å². The van der Waals surface area contributed by atoms with Crippen molar-refractivity contribution in [1.82, 2.24) is 0 Å². The number of hydrogen-bond acceptors (Lipinski definition) is 3. The molecule has 0 aliphatic rings. The van der Waals surface area contributed by atoms with Gasteiger partial charge in [-0.05, 0) is 37.3 Å². The highest BCUT2D eigenvalue weighted by Gasteiger charge is 2.02. The zero-order chi connectivity index (χ0) is 14.8. The monoisotopic (exact) mass is 276 g/mol. The van der Waals surface area contributed by atoms with Crippen LogP contribution in [0.5, 0.6) is 5.75 Å². The molecule has 0 saturated carbocycles. The lowest BCUT2D eigenvalue weighted by atomic mass is 10.1. The third-order valence-electron chi connectivity index (χ3n) is 2.80. The first-order valence-electron chi connectivity index (χ1n) is 7.17. The van der Waals surface area contributed by atoms with Gasteiger partial charge in [0.25, 0.3) is 0 Å². The molecule has 0 fully saturated rings. The van der Waals surface area contributed by atoms with Crippen molar-refractivity contribution < 1.29 is 14.3 Å². The number of carbonyl (C=O) groups is 1. The molecular formula is C17H24O3. The van der Waals surface area contributed by atoms with Gasteiger partial charge in [-0.25, -0.2) is 4.79 Å². The second-order valence-electron chi connectivity index (χ2n) is 5.00. The summed E-state index contributed by atoms with van der Waals surface area (Å²) in [5, 5.41) is 0. The second-order valence-corrected chi connectivity index (χ2v) is 5.00. The van der Waals surface area contributed by atoms with E-state index in [4.69, 9.17) is 9.47 Å². The minimum atomic E-state index is -0.300. The molecule has 0 unspecified atom stereocenters. The van der Waals surface area contributed by atoms with E-state index in [0.29, 0.717) is 18.9 Å². The number of carbonyl (C=O) groups excluding carboxylic acids is 1. The van der Waals surface area contributed by atoms with Gasteiger partial charge in [0.05, 0.1) is 13.2 Å². The first-order valence-corrected chi connectivity index (χ1v) is 7.17. The Balaban J connectivity index is 2.54. The Morgan fingerprint density at radius 2 is 2.05 bits per heavy atom. The standard InChI is InChI=1S/C17H24O3/c1-4-19-17(18)11-7-9-15-8-5-6-10-16(15)20-13-12-14(2)3/h5-8,10-11,14H,4,9,12-13H2,1-3H3/b11-7+. The SMILES string of the molecule is CCOC(=O)/C=C/Cc1ccccc1OCCC(C)C. The summed E-state index contributed by atoms with van der Waals surface area (Å²) in [7, 11) is 0. The minimum Gasteiger partial charge on any atom is -0.493 e. The summed E-state index contributed by atoms with van der Waals surface area (Å²) in [5.74, 6) is 1.22. The van der Waals surface area contributed by atoms with Crippen molar-refractivity contribution in [3.63, 3.8) is 0 Å². The normalized spacial score (nSPS) is 11.0. The number of esters is 1. The molecule has 0 spiro atoms. The third kappa shape index (κ3) is 6.41. The topological polar surface area (TPSA) is 35.5 Å². The van der Waals surface area contributed by atoms with Crippen LogP contribution in [-0.4, -0.2) is 19.2 Å². The van der Waals surface area contributed by atoms with Gasteiger partial charge in [-0.3, -0.25) is 0 Å². The fourth-order valence-corrected chi connectivity index (χ4v) is 1.69. The Morgan fingerprint density at radius 1 is 1.30 bits per heavy atom. The van der Waals surface area contributed by atoms with Crippen molar-refractivity contribution in [2.45, 2.75) is 33.6 Å². The van der Waals surface area contributed by atoms with E-state index in [1.165, 1.54) is 6.08 Å². The zero-order valence-electron chi connectivity index (χ0n) is 12.6. The Hall–Kier alpha value is -1.77. The van der Waals surface area contributed by atoms with Crippen LogP contribution >= 0.6 is 0 Å². The van der Waals surface area contributed by atoms with Crippen LogP contribution in [0.15, 0.2) is 36.4 Å². The summed E-state index contributed by atoms with van der Waals surface area (Å²) in [6.45, 7) is 7.27. The number of allylic oxidation sites excluding steroid dienone is 1. The average Bonchev–Trinajstić information content (AvgIpc) is 2.40. The summed E-state index contributed by atoms with van der Waals surface area (Å²) >= 11 is 0. The van der Waals surface area contributed by atoms with E-state index in [2.05, 4.69) is 13.8 Å². The molecule has 0 atom stereocenters. The molecule has 1 rings (SSSR count). The van der Waals surface area contributed by atoms with E-state index in [0.717, 1.165) is 24.3 Å². The van der Waals surface area contributed by atoms with Crippen molar-refractivity contribution in [2.24, 2.45) is 5.92 Å². The molecule has 0 aliphatic carbocycles. The molecule has 0 aliphatic heterocycles. The summed E-state index contributed by atoms with van der Waals surface area (Å²) < 4.78 is 10.6. The van der Waals surface area contributed by atoms with Crippen molar-refractivity contribution in [1.29, 1.82) is 0 Å². The highest BCUT2D eigenvalue weighted by molar-refractivity contribution is 5.81. The van der Waals surface area contributed by atoms with E-state index < -0.39 is 0 Å². The maximum Gasteiger partial charge on any atom is 0.330 e. The van der Waals surface area contributed by atoms with Gasteiger partial charge in [0.1, 0.15) is 5.75 Å². The fraction of sp³-hybridized carbons (Fsp3) is 0.471. The Kier molecular flexibility index (Phi) is 7.48. The Bertz CT molecular complexity index is 436. The summed E-state index contributed by atoms with van der Waals surface area (Å²) in [5.41, 5.74) is 1.08. The molecule has 0 radical (unpaired) electrons. The lowest BCUT2D eigenvalue weighted by Gasteiger charge is -2.11. The molecule has 3 heteroatoms. The van der Waals surface area contributed by atoms with Crippen LogP contribution < -0.4 is 4.74 Å². The van der Waals surface area contributed by atoms with Crippen molar-refractivity contribution in [3.8, 4) is 5.75 Å². The van der Waals surface area contributed by atoms with Crippen LogP contribution in [0.1, 0.15) is 32.8 Å². The number of para-hydroxylation sites is 1. The molecule has 0 bridgehead atoms. The van der Waals surface area contributed by atoms with Gasteiger partial charge in [-0.2, -0.15) is 0 Å². The zero-order valence-corrected chi connectivity index (χ0v) is 12.6. The van der Waals surface area contributed by atoms with Crippen molar-refractivity contribution in [3.05, 3.63) is 42.0 Å². The molecule has 0 heterocycles. The van der Waals surface area contributed by atoms with Crippen molar-refractivity contribution in [2.75, 3.05) is 13.2 Å². The summed E-state index contributed by atoms with van der Waals surface area (Å²) in [4.78, 5) is 11.2. The minimum absolute atomic E-state index is 0.300. The largest absolute Gasteiger partial charge is 0.493 e. The first kappa shape index (κ1) is 16.3. The highest BCUT2D eigenvalue weighted by Crippen LogP contribution is 2.19. The van der Waals surface area contributed by atoms with Gasteiger partial charge in [0, 0.05) is 6.08 Å². The maximum atomic E-state index is 11.2. The molecule has 20 heavy (non-hydrogen) atoms. The molecule has 1 aromatic rings. The molecule has 0 N–H and O–H groups in total. The van der Waals surface area contributed by atoms with Crippen LogP contribution in [0.2, 0.25) is 0 Å². The Labute approximate surface area is 121 Å². The van der Waals surface area contributed by atoms with Crippen LogP contribution in [0.3, 0.4) is 0 Å². The number of ether oxygens (including phenoxy) is 2. The smallest absolute Gasteiger partial charge is 0.330 e. The van der Waals surface area contributed by atoms with E-state index in [9.17, 15) is 4.79 Å². The molecule has 3 nitrogen and oxygen atoms in total. The van der Waals surface area contributed by atoms with Crippen LogP contribution in [-0.2, 0) is 16.0 Å². The molecule has 0 aromatic heterocycles. The van der Waals surface area contributed by atoms with E-state index in [-0.39, 0.29) is 5.97 Å². The van der Waals surface area contributed by atoms with E-state index in [1.807, 2.05) is 30.3 Å². The molecule has 110 valence electrons. The summed E-state index contributed by atoms with van der Waals surface area (Å²) in [6, 6.07) is 7.92. The average molecular weight is 276 g/mol. The number of hydrogen-bond donors (Lipinski definition) is 0. The fourth-order valence-electron chi connectivity index (χ4n) is 1.69. The van der Waals surface area contributed by atoms with Gasteiger partial charge < -0.3 is 9.47 Å². The van der Waals surface area contributed by atoms with Crippen LogP contribution in [0.25, 0.3) is 0 Å². The molecule has 0 amide bonds. The van der Waals surface area contributed by atoms with Crippen molar-refractivity contribution >= 4 is 5.97 Å². The van der Waals surface area contributed by atoms with Gasteiger partial charge in [0.15, 0.2) is 0 Å². The summed E-state index contributed by atoms with van der Waals surface area (Å²) in [6.07, 6.45) is 4.97. The van der Waals surface area contributed by atoms with E-state index in [1.54, 1.807) is 6.92 Å². The second kappa shape index (κ2) is 9.18. The third-order valence-corrected chi connectivity index (χ3v) is 2.80. The first-order chi connectivity index (χ1) is 9.63. The lowest BCUT2D eigenvalue weighted by Crippen LogP contribution is -2.03. The molecule has 1 aromatic carbocycles. The lowest BCUT2D eigenvalue weighted by molar-refractivity contribution is -0.137.